The van der Waals surface area contributed by atoms with Gasteiger partial charge in [0.2, 0.25) is 0 Å². The number of carbonyl (C=O) groups is 3. The van der Waals surface area contributed by atoms with Crippen molar-refractivity contribution in [2.45, 2.75) is 96.9 Å². The molecule has 0 amide bonds. The number of rotatable bonds is 7. The van der Waals surface area contributed by atoms with E-state index >= 15 is 0 Å². The van der Waals surface area contributed by atoms with Gasteiger partial charge in [0.1, 0.15) is 18.1 Å². The van der Waals surface area contributed by atoms with Crippen LogP contribution in [0.4, 0.5) is 0 Å². The Kier molecular flexibility index (Phi) is 11.2. The Morgan fingerprint density at radius 2 is 1.18 bits per heavy atom. The standard InChI is InChI=1S/C7H13NO2.C6H11NO2.C6H13NO2/c1-5(7(9)10)8-6-3-2-4-6;1-4(6(8)9)7-5-2-3-5;1-6(2,3)4(7)5(8)9/h5-6,8H,2-4H2,1H3,(H,9,10);4-5,7H,2-3H2,1H3,(H,8,9);4H,7H2,1-3H3,(H,8,9)/t5-;2*4-/m001/s1. The van der Waals surface area contributed by atoms with Crippen molar-refractivity contribution in [1.82, 2.24) is 10.6 Å². The highest BCUT2D eigenvalue weighted by atomic mass is 16.4. The van der Waals surface area contributed by atoms with Crippen molar-refractivity contribution in [1.29, 1.82) is 0 Å². The van der Waals surface area contributed by atoms with Crippen LogP contribution in [0.2, 0.25) is 0 Å². The van der Waals surface area contributed by atoms with E-state index in [4.69, 9.17) is 21.1 Å². The van der Waals surface area contributed by atoms with Gasteiger partial charge < -0.3 is 31.7 Å². The molecular formula is C19H37N3O6. The summed E-state index contributed by atoms with van der Waals surface area (Å²) in [6.45, 7) is 8.74. The molecule has 0 spiro atoms. The molecule has 2 saturated carbocycles. The van der Waals surface area contributed by atoms with Gasteiger partial charge in [-0.1, -0.05) is 27.2 Å². The van der Waals surface area contributed by atoms with Crippen molar-refractivity contribution >= 4 is 17.9 Å². The SMILES string of the molecule is CC(C)(C)[C@H](N)C(=O)O.C[C@H](NC1CC1)C(=O)O.C[C@H](NC1CCC1)C(=O)O. The van der Waals surface area contributed by atoms with Gasteiger partial charge in [0, 0.05) is 12.1 Å². The fourth-order valence-corrected chi connectivity index (χ4v) is 2.05. The lowest BCUT2D eigenvalue weighted by Crippen LogP contribution is -2.44. The largest absolute Gasteiger partial charge is 0.480 e. The highest BCUT2D eigenvalue weighted by molar-refractivity contribution is 5.74. The van der Waals surface area contributed by atoms with E-state index in [0.717, 1.165) is 25.7 Å². The van der Waals surface area contributed by atoms with Crippen LogP contribution in [0.3, 0.4) is 0 Å². The Morgan fingerprint density at radius 1 is 0.821 bits per heavy atom. The van der Waals surface area contributed by atoms with E-state index < -0.39 is 23.9 Å². The maximum absolute atomic E-state index is 10.3. The van der Waals surface area contributed by atoms with Gasteiger partial charge in [0.05, 0.1) is 0 Å². The summed E-state index contributed by atoms with van der Waals surface area (Å²) in [4.78, 5) is 30.7. The summed E-state index contributed by atoms with van der Waals surface area (Å²) in [5.74, 6) is -2.46. The van der Waals surface area contributed by atoms with Crippen LogP contribution in [0.1, 0.15) is 66.7 Å². The van der Waals surface area contributed by atoms with Crippen molar-refractivity contribution in [2.24, 2.45) is 11.1 Å². The van der Waals surface area contributed by atoms with Crippen molar-refractivity contribution in [3.8, 4) is 0 Å². The van der Waals surface area contributed by atoms with Gasteiger partial charge in [-0.3, -0.25) is 14.4 Å². The van der Waals surface area contributed by atoms with Gasteiger partial charge >= 0.3 is 17.9 Å². The number of carboxylic acid groups (broad SMARTS) is 3. The molecule has 2 aliphatic rings. The first-order valence-corrected chi connectivity index (χ1v) is 9.71. The molecule has 0 aromatic rings. The minimum absolute atomic E-state index is 0.341. The third-order valence-electron chi connectivity index (χ3n) is 4.59. The Hall–Kier alpha value is -1.71. The molecule has 3 atom stereocenters. The molecule has 0 aromatic heterocycles. The second kappa shape index (κ2) is 12.0. The van der Waals surface area contributed by atoms with Crippen LogP contribution in [-0.2, 0) is 14.4 Å². The highest BCUT2D eigenvalue weighted by Gasteiger charge is 2.26. The number of nitrogens with two attached hydrogens (primary N) is 1. The summed E-state index contributed by atoms with van der Waals surface area (Å²) in [6.07, 6.45) is 5.79. The molecule has 7 N–H and O–H groups in total. The highest BCUT2D eigenvalue weighted by Crippen LogP contribution is 2.19. The van der Waals surface area contributed by atoms with E-state index in [9.17, 15) is 14.4 Å². The molecule has 2 rings (SSSR count). The first-order chi connectivity index (χ1) is 12.8. The van der Waals surface area contributed by atoms with E-state index in [1.807, 2.05) is 0 Å². The molecular weight excluding hydrogens is 366 g/mol. The fourth-order valence-electron chi connectivity index (χ4n) is 2.05. The summed E-state index contributed by atoms with van der Waals surface area (Å²) >= 11 is 0. The van der Waals surface area contributed by atoms with Gasteiger partial charge in [0.15, 0.2) is 0 Å². The van der Waals surface area contributed by atoms with Gasteiger partial charge in [-0.05, 0) is 44.9 Å². The fraction of sp³-hybridized carbons (Fsp3) is 0.842. The van der Waals surface area contributed by atoms with E-state index in [1.165, 1.54) is 6.42 Å². The molecule has 0 saturated heterocycles. The average Bonchev–Trinajstić information content (AvgIpc) is 3.33. The lowest BCUT2D eigenvalue weighted by molar-refractivity contribution is -0.141. The summed E-state index contributed by atoms with van der Waals surface area (Å²) in [5, 5.41) is 31.2. The Bertz CT molecular complexity index is 512. The molecule has 0 bridgehead atoms. The molecule has 0 aliphatic heterocycles. The van der Waals surface area contributed by atoms with Gasteiger partial charge in [-0.25, -0.2) is 0 Å². The van der Waals surface area contributed by atoms with Crippen LogP contribution in [0.25, 0.3) is 0 Å². The van der Waals surface area contributed by atoms with Crippen LogP contribution in [-0.4, -0.2) is 63.4 Å². The van der Waals surface area contributed by atoms with E-state index in [2.05, 4.69) is 10.6 Å². The average molecular weight is 404 g/mol. The van der Waals surface area contributed by atoms with Gasteiger partial charge in [-0.15, -0.1) is 0 Å². The molecule has 0 heterocycles. The number of carboxylic acids is 3. The summed E-state index contributed by atoms with van der Waals surface area (Å²) in [6, 6.07) is -0.581. The number of hydrogen-bond acceptors (Lipinski definition) is 6. The predicted octanol–water partition coefficient (Wildman–Crippen LogP) is 1.26. The van der Waals surface area contributed by atoms with Crippen LogP contribution >= 0.6 is 0 Å². The number of hydrogen-bond donors (Lipinski definition) is 6. The predicted molar refractivity (Wildman–Crippen MR) is 106 cm³/mol. The summed E-state index contributed by atoms with van der Waals surface area (Å²) in [7, 11) is 0. The van der Waals surface area contributed by atoms with Crippen LogP contribution in [0.15, 0.2) is 0 Å². The maximum atomic E-state index is 10.3. The maximum Gasteiger partial charge on any atom is 0.321 e. The zero-order chi connectivity index (χ0) is 22.1. The normalized spacial score (nSPS) is 19.5. The summed E-state index contributed by atoms with van der Waals surface area (Å²) in [5.41, 5.74) is 4.95. The molecule has 164 valence electrons. The topological polar surface area (TPSA) is 162 Å². The van der Waals surface area contributed by atoms with E-state index in [1.54, 1.807) is 34.6 Å². The minimum atomic E-state index is -0.942. The van der Waals surface area contributed by atoms with Crippen molar-refractivity contribution in [2.75, 3.05) is 0 Å². The van der Waals surface area contributed by atoms with Gasteiger partial charge in [0.25, 0.3) is 0 Å². The molecule has 2 aliphatic carbocycles. The zero-order valence-electron chi connectivity index (χ0n) is 17.6. The van der Waals surface area contributed by atoms with Crippen LogP contribution in [0, 0.1) is 5.41 Å². The molecule has 0 unspecified atom stereocenters. The second-order valence-corrected chi connectivity index (χ2v) is 8.54. The number of nitrogens with one attached hydrogen (secondary N) is 2. The van der Waals surface area contributed by atoms with Crippen LogP contribution < -0.4 is 16.4 Å². The Labute approximate surface area is 167 Å². The summed E-state index contributed by atoms with van der Waals surface area (Å²) < 4.78 is 0. The second-order valence-electron chi connectivity index (χ2n) is 8.54. The van der Waals surface area contributed by atoms with Crippen molar-refractivity contribution in [3.63, 3.8) is 0 Å². The van der Waals surface area contributed by atoms with Crippen molar-refractivity contribution in [3.05, 3.63) is 0 Å². The Morgan fingerprint density at radius 3 is 1.32 bits per heavy atom. The van der Waals surface area contributed by atoms with E-state index in [-0.39, 0.29) is 17.5 Å². The zero-order valence-corrected chi connectivity index (χ0v) is 17.6. The lowest BCUT2D eigenvalue weighted by atomic mass is 9.88. The van der Waals surface area contributed by atoms with Crippen molar-refractivity contribution < 1.29 is 29.7 Å². The quantitative estimate of drug-likeness (QED) is 0.367. The molecule has 9 heteroatoms. The first-order valence-electron chi connectivity index (χ1n) is 9.71. The first kappa shape index (κ1) is 26.3. The lowest BCUT2D eigenvalue weighted by Gasteiger charge is -2.28. The third-order valence-corrected chi connectivity index (χ3v) is 4.59. The molecule has 28 heavy (non-hydrogen) atoms. The van der Waals surface area contributed by atoms with Crippen LogP contribution in [0.5, 0.6) is 0 Å². The third kappa shape index (κ3) is 11.9. The monoisotopic (exact) mass is 403 g/mol. The number of aliphatic carboxylic acids is 3. The van der Waals surface area contributed by atoms with Gasteiger partial charge in [-0.2, -0.15) is 0 Å². The molecule has 9 nitrogen and oxygen atoms in total. The molecule has 0 aromatic carbocycles. The Balaban J connectivity index is 0.000000392. The minimum Gasteiger partial charge on any atom is -0.480 e. The molecule has 2 fully saturated rings. The van der Waals surface area contributed by atoms with E-state index in [0.29, 0.717) is 12.1 Å². The molecule has 0 radical (unpaired) electrons. The smallest absolute Gasteiger partial charge is 0.321 e.